The van der Waals surface area contributed by atoms with E-state index in [1.54, 1.807) is 0 Å². The average Bonchev–Trinajstić information content (AvgIpc) is 2.14. The summed E-state index contributed by atoms with van der Waals surface area (Å²) in [6, 6.07) is 1.32. The van der Waals surface area contributed by atoms with Gasteiger partial charge in [0.25, 0.3) is 6.43 Å². The average molecular weight is 236 g/mol. The molecule has 86 valence electrons. The highest BCUT2D eigenvalue weighted by molar-refractivity contribution is 5.45. The monoisotopic (exact) mass is 236 g/mol. The van der Waals surface area contributed by atoms with Gasteiger partial charge in [-0.05, 0) is 12.5 Å². The van der Waals surface area contributed by atoms with Crippen LogP contribution in [-0.4, -0.2) is 4.98 Å². The topological polar surface area (TPSA) is 36.7 Å². The van der Waals surface area contributed by atoms with E-state index in [0.717, 1.165) is 6.92 Å². The van der Waals surface area contributed by atoms with Crippen molar-refractivity contribution in [1.82, 2.24) is 4.98 Å². The summed E-state index contributed by atoms with van der Waals surface area (Å²) in [5.74, 6) is 0. The fourth-order valence-electron chi connectivity index (χ4n) is 1.21. The molecule has 0 spiro atoms. The minimum atomic E-state index is -4.71. The molecule has 0 aliphatic carbocycles. The Morgan fingerprint density at radius 2 is 1.94 bits per heavy atom. The Balaban J connectivity index is 3.49. The normalized spacial score (nSPS) is 11.6. The molecule has 16 heavy (non-hydrogen) atoms. The molecule has 0 aliphatic rings. The molecule has 0 radical (unpaired) electrons. The van der Waals surface area contributed by atoms with Crippen LogP contribution in [0.2, 0.25) is 0 Å². The predicted molar refractivity (Wildman–Crippen MR) is 43.6 cm³/mol. The molecule has 1 aromatic heterocycles. The number of aromatic nitrogens is 1. The maximum absolute atomic E-state index is 12.4. The molecule has 0 N–H and O–H groups in total. The zero-order valence-corrected chi connectivity index (χ0v) is 7.94. The summed E-state index contributed by atoms with van der Waals surface area (Å²) < 4.78 is 61.7. The third-order valence-electron chi connectivity index (χ3n) is 1.99. The van der Waals surface area contributed by atoms with Gasteiger partial charge in [-0.1, -0.05) is 0 Å². The second-order valence-electron chi connectivity index (χ2n) is 2.97. The molecule has 0 unspecified atom stereocenters. The molecule has 0 aromatic carbocycles. The molecular formula is C9H5F5N2. The molecule has 0 atom stereocenters. The molecular weight excluding hydrogens is 231 g/mol. The van der Waals surface area contributed by atoms with Gasteiger partial charge in [0.05, 0.1) is 11.1 Å². The Labute approximate surface area is 87.3 Å². The van der Waals surface area contributed by atoms with Crippen LogP contribution < -0.4 is 0 Å². The summed E-state index contributed by atoms with van der Waals surface area (Å²) in [4.78, 5) is 2.98. The standard InChI is InChI=1S/C9H5F5N2/c1-4-5(2-15)7(8(10)11)16-3-6(4)9(12,13)14/h3,8H,1H3. The molecule has 0 saturated carbocycles. The van der Waals surface area contributed by atoms with Crippen molar-refractivity contribution in [3.05, 3.63) is 28.6 Å². The number of alkyl halides is 5. The van der Waals surface area contributed by atoms with Crippen LogP contribution in [0.15, 0.2) is 6.20 Å². The van der Waals surface area contributed by atoms with Gasteiger partial charge in [-0.15, -0.1) is 0 Å². The third kappa shape index (κ3) is 2.10. The Bertz CT molecular complexity index is 444. The first-order valence-corrected chi connectivity index (χ1v) is 4.04. The van der Waals surface area contributed by atoms with E-state index in [1.807, 2.05) is 0 Å². The molecule has 1 aromatic rings. The fourth-order valence-corrected chi connectivity index (χ4v) is 1.21. The third-order valence-corrected chi connectivity index (χ3v) is 1.99. The predicted octanol–water partition coefficient (Wildman–Crippen LogP) is 3.22. The lowest BCUT2D eigenvalue weighted by atomic mass is 10.0. The smallest absolute Gasteiger partial charge is 0.253 e. The Morgan fingerprint density at radius 1 is 1.38 bits per heavy atom. The van der Waals surface area contributed by atoms with Gasteiger partial charge in [-0.3, -0.25) is 4.98 Å². The van der Waals surface area contributed by atoms with Gasteiger partial charge >= 0.3 is 6.18 Å². The highest BCUT2D eigenvalue weighted by atomic mass is 19.4. The van der Waals surface area contributed by atoms with E-state index >= 15 is 0 Å². The van der Waals surface area contributed by atoms with Crippen LogP contribution in [-0.2, 0) is 6.18 Å². The first-order chi connectivity index (χ1) is 7.29. The number of nitriles is 1. The van der Waals surface area contributed by atoms with Gasteiger partial charge in [-0.25, -0.2) is 8.78 Å². The number of rotatable bonds is 1. The molecule has 1 rings (SSSR count). The number of halogens is 5. The van der Waals surface area contributed by atoms with Crippen molar-refractivity contribution >= 4 is 0 Å². The van der Waals surface area contributed by atoms with Gasteiger partial charge in [0, 0.05) is 6.20 Å². The second kappa shape index (κ2) is 4.04. The van der Waals surface area contributed by atoms with E-state index in [2.05, 4.69) is 4.98 Å². The maximum atomic E-state index is 12.4. The maximum Gasteiger partial charge on any atom is 0.418 e. The van der Waals surface area contributed by atoms with E-state index in [1.165, 1.54) is 6.07 Å². The van der Waals surface area contributed by atoms with Crippen LogP contribution in [0.3, 0.4) is 0 Å². The van der Waals surface area contributed by atoms with E-state index in [9.17, 15) is 22.0 Å². The zero-order valence-electron chi connectivity index (χ0n) is 7.94. The van der Waals surface area contributed by atoms with Crippen LogP contribution in [0.4, 0.5) is 22.0 Å². The van der Waals surface area contributed by atoms with Gasteiger partial charge in [0.1, 0.15) is 11.8 Å². The molecule has 0 aliphatic heterocycles. The van der Waals surface area contributed by atoms with Crippen LogP contribution in [0.5, 0.6) is 0 Å². The van der Waals surface area contributed by atoms with Gasteiger partial charge in [-0.2, -0.15) is 18.4 Å². The molecule has 7 heteroatoms. The van der Waals surface area contributed by atoms with E-state index in [0.29, 0.717) is 6.20 Å². The van der Waals surface area contributed by atoms with Crippen molar-refractivity contribution in [2.75, 3.05) is 0 Å². The number of pyridine rings is 1. The Hall–Kier alpha value is -1.71. The molecule has 0 saturated heterocycles. The SMILES string of the molecule is Cc1c(C(F)(F)F)cnc(C(F)F)c1C#N. The lowest BCUT2D eigenvalue weighted by Crippen LogP contribution is -2.11. The summed E-state index contributed by atoms with van der Waals surface area (Å²) in [6.45, 7) is 0.967. The summed E-state index contributed by atoms with van der Waals surface area (Å²) >= 11 is 0. The highest BCUT2D eigenvalue weighted by Crippen LogP contribution is 2.34. The number of hydrogen-bond acceptors (Lipinski definition) is 2. The van der Waals surface area contributed by atoms with Crippen LogP contribution in [0.25, 0.3) is 0 Å². The van der Waals surface area contributed by atoms with Crippen LogP contribution in [0, 0.1) is 18.3 Å². The van der Waals surface area contributed by atoms with Gasteiger partial charge in [0.2, 0.25) is 0 Å². The van der Waals surface area contributed by atoms with Crippen molar-refractivity contribution in [1.29, 1.82) is 5.26 Å². The van der Waals surface area contributed by atoms with E-state index in [-0.39, 0.29) is 0 Å². The highest BCUT2D eigenvalue weighted by Gasteiger charge is 2.35. The minimum absolute atomic E-state index is 0.317. The summed E-state index contributed by atoms with van der Waals surface area (Å²) in [7, 11) is 0. The second-order valence-corrected chi connectivity index (χ2v) is 2.97. The fraction of sp³-hybridized carbons (Fsp3) is 0.333. The first-order valence-electron chi connectivity index (χ1n) is 4.04. The van der Waals surface area contributed by atoms with Crippen LogP contribution >= 0.6 is 0 Å². The quantitative estimate of drug-likeness (QED) is 0.702. The molecule has 0 amide bonds. The molecule has 2 nitrogen and oxygen atoms in total. The van der Waals surface area contributed by atoms with Gasteiger partial charge < -0.3 is 0 Å². The minimum Gasteiger partial charge on any atom is -0.253 e. The van der Waals surface area contributed by atoms with E-state index in [4.69, 9.17) is 5.26 Å². The molecule has 0 bridgehead atoms. The zero-order chi connectivity index (χ0) is 12.5. The van der Waals surface area contributed by atoms with Crippen molar-refractivity contribution in [3.8, 4) is 6.07 Å². The van der Waals surface area contributed by atoms with Crippen molar-refractivity contribution in [2.45, 2.75) is 19.5 Å². The van der Waals surface area contributed by atoms with Gasteiger partial charge in [0.15, 0.2) is 0 Å². The Morgan fingerprint density at radius 3 is 2.31 bits per heavy atom. The lowest BCUT2D eigenvalue weighted by Gasteiger charge is -2.12. The van der Waals surface area contributed by atoms with Crippen LogP contribution in [0.1, 0.15) is 28.8 Å². The first kappa shape index (κ1) is 12.4. The van der Waals surface area contributed by atoms with Crippen molar-refractivity contribution < 1.29 is 22.0 Å². The summed E-state index contributed by atoms with van der Waals surface area (Å²) in [6.07, 6.45) is -7.46. The number of nitrogens with zero attached hydrogens (tertiary/aromatic N) is 2. The summed E-state index contributed by atoms with van der Waals surface area (Å²) in [5, 5.41) is 8.55. The molecule has 0 fully saturated rings. The van der Waals surface area contributed by atoms with Crippen molar-refractivity contribution in [2.24, 2.45) is 0 Å². The Kier molecular flexibility index (Phi) is 3.12. The van der Waals surface area contributed by atoms with E-state index < -0.39 is 35.0 Å². The lowest BCUT2D eigenvalue weighted by molar-refractivity contribution is -0.138. The van der Waals surface area contributed by atoms with Crippen molar-refractivity contribution in [3.63, 3.8) is 0 Å². The number of hydrogen-bond donors (Lipinski definition) is 0. The summed E-state index contributed by atoms with van der Waals surface area (Å²) in [5.41, 5.74) is -3.34. The largest absolute Gasteiger partial charge is 0.418 e. The molecule has 1 heterocycles.